The Balaban J connectivity index is 2.31. The highest BCUT2D eigenvalue weighted by molar-refractivity contribution is 7.10. The van der Waals surface area contributed by atoms with Gasteiger partial charge in [-0.2, -0.15) is 0 Å². The molecule has 0 fully saturated rings. The van der Waals surface area contributed by atoms with Gasteiger partial charge in [-0.1, -0.05) is 12.5 Å². The fourth-order valence-electron chi connectivity index (χ4n) is 2.50. The number of rotatable bonds is 4. The van der Waals surface area contributed by atoms with E-state index in [4.69, 9.17) is 11.5 Å². The van der Waals surface area contributed by atoms with Gasteiger partial charge in [0.1, 0.15) is 6.04 Å². The molecule has 3 unspecified atom stereocenters. The highest BCUT2D eigenvalue weighted by Crippen LogP contribution is 2.32. The second-order valence-electron chi connectivity index (χ2n) is 4.84. The normalized spacial score (nSPS) is 23.2. The lowest BCUT2D eigenvalue weighted by Gasteiger charge is -2.26. The van der Waals surface area contributed by atoms with Gasteiger partial charge in [0.25, 0.3) is 0 Å². The monoisotopic (exact) mass is 281 g/mol. The Morgan fingerprint density at radius 1 is 1.53 bits per heavy atom. The van der Waals surface area contributed by atoms with Crippen molar-refractivity contribution in [3.63, 3.8) is 0 Å². The van der Waals surface area contributed by atoms with E-state index in [9.17, 15) is 9.90 Å². The summed E-state index contributed by atoms with van der Waals surface area (Å²) >= 11 is 1.53. The Morgan fingerprint density at radius 2 is 2.32 bits per heavy atom. The molecule has 3 atom stereocenters. The minimum atomic E-state index is -0.989. The van der Waals surface area contributed by atoms with Crippen LogP contribution in [0.1, 0.15) is 36.5 Å². The molecule has 0 saturated heterocycles. The highest BCUT2D eigenvalue weighted by atomic mass is 32.1. The third-order valence-corrected chi connectivity index (χ3v) is 4.45. The standard InChI is InChI=1S/C13H19N3O2S/c14-10-6-2-1-4-8(16-10)11(12(15)13(17)18)9-5-3-7-19-9/h3,5,7-8,11-12H,1-2,4,6,15H2,(H2,14,16)(H,17,18). The van der Waals surface area contributed by atoms with Crippen molar-refractivity contribution in [3.8, 4) is 0 Å². The summed E-state index contributed by atoms with van der Waals surface area (Å²) in [5, 5.41) is 11.1. The van der Waals surface area contributed by atoms with Crippen LogP contribution in [0.15, 0.2) is 22.5 Å². The Labute approximate surface area is 116 Å². The first-order valence-electron chi connectivity index (χ1n) is 6.43. The van der Waals surface area contributed by atoms with E-state index in [0.29, 0.717) is 5.84 Å². The average Bonchev–Trinajstić information content (AvgIpc) is 2.79. The molecule has 0 bridgehead atoms. The van der Waals surface area contributed by atoms with Crippen LogP contribution in [0, 0.1) is 0 Å². The Hall–Kier alpha value is -1.40. The van der Waals surface area contributed by atoms with Gasteiger partial charge in [0, 0.05) is 17.2 Å². The van der Waals surface area contributed by atoms with E-state index < -0.39 is 12.0 Å². The van der Waals surface area contributed by atoms with Crippen molar-refractivity contribution in [1.29, 1.82) is 0 Å². The van der Waals surface area contributed by atoms with Gasteiger partial charge in [-0.3, -0.25) is 9.79 Å². The molecule has 0 amide bonds. The van der Waals surface area contributed by atoms with E-state index in [1.807, 2.05) is 17.5 Å². The zero-order chi connectivity index (χ0) is 13.8. The van der Waals surface area contributed by atoms with E-state index in [1.165, 1.54) is 11.3 Å². The van der Waals surface area contributed by atoms with Crippen LogP contribution in [0.5, 0.6) is 0 Å². The maximum atomic E-state index is 11.2. The van der Waals surface area contributed by atoms with Gasteiger partial charge in [-0.15, -0.1) is 11.3 Å². The number of nitrogens with two attached hydrogens (primary N) is 2. The van der Waals surface area contributed by atoms with Gasteiger partial charge in [0.05, 0.1) is 11.9 Å². The fraction of sp³-hybridized carbons (Fsp3) is 0.538. The van der Waals surface area contributed by atoms with Crippen LogP contribution in [0.2, 0.25) is 0 Å². The largest absolute Gasteiger partial charge is 0.480 e. The number of amidine groups is 1. The summed E-state index contributed by atoms with van der Waals surface area (Å²) in [5.74, 6) is -0.674. The van der Waals surface area contributed by atoms with Crippen molar-refractivity contribution in [2.75, 3.05) is 0 Å². The Bertz CT molecular complexity index is 458. The van der Waals surface area contributed by atoms with Gasteiger partial charge in [0.2, 0.25) is 0 Å². The number of carboxylic acid groups (broad SMARTS) is 1. The van der Waals surface area contributed by atoms with E-state index in [0.717, 1.165) is 30.6 Å². The SMILES string of the molecule is NC1=NC(C(c2cccs2)C(N)C(=O)O)CCCC1. The van der Waals surface area contributed by atoms with E-state index in [1.54, 1.807) is 0 Å². The van der Waals surface area contributed by atoms with Crippen molar-refractivity contribution in [3.05, 3.63) is 22.4 Å². The van der Waals surface area contributed by atoms with Gasteiger partial charge in [-0.25, -0.2) is 0 Å². The molecule has 104 valence electrons. The summed E-state index contributed by atoms with van der Waals surface area (Å²) in [6.45, 7) is 0. The molecule has 0 saturated carbocycles. The van der Waals surface area contributed by atoms with Gasteiger partial charge < -0.3 is 16.6 Å². The molecule has 2 rings (SSSR count). The molecule has 0 spiro atoms. The molecule has 1 aromatic heterocycles. The predicted molar refractivity (Wildman–Crippen MR) is 76.5 cm³/mol. The first-order chi connectivity index (χ1) is 9.09. The van der Waals surface area contributed by atoms with Gasteiger partial charge in [0.15, 0.2) is 0 Å². The minimum absolute atomic E-state index is 0.132. The summed E-state index contributed by atoms with van der Waals surface area (Å²) in [4.78, 5) is 16.7. The Morgan fingerprint density at radius 3 is 2.95 bits per heavy atom. The molecule has 5 N–H and O–H groups in total. The minimum Gasteiger partial charge on any atom is -0.480 e. The molecule has 5 nitrogen and oxygen atoms in total. The number of carboxylic acids is 1. The molecule has 2 heterocycles. The van der Waals surface area contributed by atoms with Crippen molar-refractivity contribution >= 4 is 23.1 Å². The number of aliphatic imine (C=N–C) groups is 1. The molecule has 6 heteroatoms. The second-order valence-corrected chi connectivity index (χ2v) is 5.82. The highest BCUT2D eigenvalue weighted by Gasteiger charge is 2.34. The first kappa shape index (κ1) is 14.0. The molecule has 0 aliphatic carbocycles. The lowest BCUT2D eigenvalue weighted by atomic mass is 9.88. The third kappa shape index (κ3) is 3.33. The zero-order valence-corrected chi connectivity index (χ0v) is 11.5. The maximum absolute atomic E-state index is 11.2. The summed E-state index contributed by atoms with van der Waals surface area (Å²) < 4.78 is 0. The summed E-state index contributed by atoms with van der Waals surface area (Å²) in [6.07, 6.45) is 3.63. The summed E-state index contributed by atoms with van der Waals surface area (Å²) in [7, 11) is 0. The molecule has 0 aromatic carbocycles. The van der Waals surface area contributed by atoms with Gasteiger partial charge >= 0.3 is 5.97 Å². The van der Waals surface area contributed by atoms with Crippen molar-refractivity contribution in [1.82, 2.24) is 0 Å². The zero-order valence-electron chi connectivity index (χ0n) is 10.7. The van der Waals surface area contributed by atoms with Gasteiger partial charge in [-0.05, 0) is 24.3 Å². The van der Waals surface area contributed by atoms with Crippen LogP contribution in [-0.2, 0) is 4.79 Å². The smallest absolute Gasteiger partial charge is 0.321 e. The van der Waals surface area contributed by atoms with Crippen molar-refractivity contribution in [2.24, 2.45) is 16.5 Å². The predicted octanol–water partition coefficient (Wildman–Crippen LogP) is 1.54. The molecular formula is C13H19N3O2S. The lowest BCUT2D eigenvalue weighted by molar-refractivity contribution is -0.139. The van der Waals surface area contributed by atoms with E-state index in [2.05, 4.69) is 4.99 Å². The topological polar surface area (TPSA) is 102 Å². The molecule has 1 aromatic rings. The third-order valence-electron chi connectivity index (χ3n) is 3.47. The Kier molecular flexibility index (Phi) is 4.55. The van der Waals surface area contributed by atoms with Crippen molar-refractivity contribution in [2.45, 2.75) is 43.7 Å². The van der Waals surface area contributed by atoms with Crippen LogP contribution >= 0.6 is 11.3 Å². The second kappa shape index (κ2) is 6.16. The number of hydrogen-bond acceptors (Lipinski definition) is 5. The van der Waals surface area contributed by atoms with Crippen LogP contribution in [0.25, 0.3) is 0 Å². The maximum Gasteiger partial charge on any atom is 0.321 e. The quantitative estimate of drug-likeness (QED) is 0.779. The van der Waals surface area contributed by atoms with Crippen LogP contribution in [-0.4, -0.2) is 29.0 Å². The molecule has 1 aliphatic rings. The molecular weight excluding hydrogens is 262 g/mol. The number of carbonyl (C=O) groups is 1. The summed E-state index contributed by atoms with van der Waals surface area (Å²) in [5.41, 5.74) is 11.7. The van der Waals surface area contributed by atoms with E-state index in [-0.39, 0.29) is 12.0 Å². The van der Waals surface area contributed by atoms with Crippen molar-refractivity contribution < 1.29 is 9.90 Å². The molecule has 19 heavy (non-hydrogen) atoms. The number of thiophene rings is 1. The number of nitrogens with zero attached hydrogens (tertiary/aromatic N) is 1. The lowest BCUT2D eigenvalue weighted by Crippen LogP contribution is -2.41. The van der Waals surface area contributed by atoms with Crippen LogP contribution in [0.4, 0.5) is 0 Å². The summed E-state index contributed by atoms with van der Waals surface area (Å²) in [6, 6.07) is 2.76. The molecule has 0 radical (unpaired) electrons. The van der Waals surface area contributed by atoms with Crippen LogP contribution in [0.3, 0.4) is 0 Å². The first-order valence-corrected chi connectivity index (χ1v) is 7.31. The fourth-order valence-corrected chi connectivity index (χ4v) is 3.43. The van der Waals surface area contributed by atoms with E-state index >= 15 is 0 Å². The number of aliphatic carboxylic acids is 1. The van der Waals surface area contributed by atoms with Crippen LogP contribution < -0.4 is 11.5 Å². The number of hydrogen-bond donors (Lipinski definition) is 3. The average molecular weight is 281 g/mol. The molecule has 1 aliphatic heterocycles.